The summed E-state index contributed by atoms with van der Waals surface area (Å²) in [4.78, 5) is 51.2. The van der Waals surface area contributed by atoms with Crippen molar-refractivity contribution in [2.75, 3.05) is 25.5 Å². The predicted molar refractivity (Wildman–Crippen MR) is 289 cm³/mol. The van der Waals surface area contributed by atoms with Crippen molar-refractivity contribution in [1.29, 1.82) is 0 Å². The molecule has 0 spiro atoms. The molecule has 1 heterocycles. The highest BCUT2D eigenvalue weighted by Gasteiger charge is 2.49. The Bertz CT molecular complexity index is 1680. The molecule has 0 bridgehead atoms. The first-order valence-electron chi connectivity index (χ1n) is 27.9. The zero-order valence-corrected chi connectivity index (χ0v) is 47.0. The predicted octanol–water partition coefficient (Wildman–Crippen LogP) is 11.7. The summed E-state index contributed by atoms with van der Waals surface area (Å²) in [7, 11) is -4.78. The molecule has 1 saturated heterocycles. The van der Waals surface area contributed by atoms with E-state index in [1.807, 2.05) is 0 Å². The molecule has 0 aromatic heterocycles. The van der Waals surface area contributed by atoms with E-state index in [0.717, 1.165) is 48.5 Å². The maximum atomic E-state index is 13.1. The molecule has 4 N–H and O–H groups in total. The summed E-state index contributed by atoms with van der Waals surface area (Å²) >= 11 is 2.10. The number of hydrogen-bond acceptors (Lipinski definition) is 13. The molecule has 0 saturated carbocycles. The number of aliphatic hydroxyl groups excluding tert-OH is 2. The molecule has 1 amide bonds. The SMILES string of the molecule is CCCCCCCCCCCCCCCCCC(=O)OCC(CO[C@@H]1O[C@H](CS(=O)(=O)O)[C@@H](OC(=O)CCNC(=O)c2ccc(I)cc2)[C@H](O)[C@H]1O)OC(=O)CCCCCCCCCCCCCCCCC. The van der Waals surface area contributed by atoms with E-state index in [4.69, 9.17) is 23.7 Å². The van der Waals surface area contributed by atoms with Crippen molar-refractivity contribution in [1.82, 2.24) is 5.32 Å². The van der Waals surface area contributed by atoms with Gasteiger partial charge in [0.15, 0.2) is 18.5 Å². The molecule has 17 heteroatoms. The zero-order chi connectivity index (χ0) is 52.7. The lowest BCUT2D eigenvalue weighted by atomic mass is 9.99. The van der Waals surface area contributed by atoms with Crippen LogP contribution in [-0.2, 0) is 48.2 Å². The van der Waals surface area contributed by atoms with Crippen molar-refractivity contribution in [3.8, 4) is 0 Å². The molecule has 416 valence electrons. The average Bonchev–Trinajstić information content (AvgIpc) is 3.34. The molecule has 0 radical (unpaired) electrons. The number of nitrogens with one attached hydrogen (secondary N) is 1. The van der Waals surface area contributed by atoms with Crippen LogP contribution in [0.25, 0.3) is 0 Å². The van der Waals surface area contributed by atoms with Crippen molar-refractivity contribution in [3.05, 3.63) is 33.4 Å². The summed E-state index contributed by atoms with van der Waals surface area (Å²) in [6.07, 6.45) is 25.5. The van der Waals surface area contributed by atoms with E-state index in [9.17, 15) is 42.4 Å². The minimum absolute atomic E-state index is 0.127. The van der Waals surface area contributed by atoms with Crippen LogP contribution in [0.1, 0.15) is 236 Å². The van der Waals surface area contributed by atoms with Gasteiger partial charge in [0.1, 0.15) is 30.7 Å². The smallest absolute Gasteiger partial charge is 0.308 e. The Kier molecular flexibility index (Phi) is 38.1. The van der Waals surface area contributed by atoms with E-state index in [-0.39, 0.29) is 32.4 Å². The highest BCUT2D eigenvalue weighted by atomic mass is 127. The number of benzene rings is 1. The fourth-order valence-corrected chi connectivity index (χ4v) is 9.87. The molecule has 1 aromatic rings. The number of halogens is 1. The second-order valence-corrected chi connectivity index (χ2v) is 22.5. The first kappa shape index (κ1) is 65.7. The number of ether oxygens (including phenoxy) is 5. The van der Waals surface area contributed by atoms with Crippen LogP contribution in [0.5, 0.6) is 0 Å². The van der Waals surface area contributed by atoms with Crippen LogP contribution >= 0.6 is 22.6 Å². The molecule has 1 fully saturated rings. The van der Waals surface area contributed by atoms with Gasteiger partial charge in [-0.05, 0) is 59.7 Å². The number of carbonyl (C=O) groups is 4. The highest BCUT2D eigenvalue weighted by Crippen LogP contribution is 2.27. The van der Waals surface area contributed by atoms with Crippen molar-refractivity contribution in [3.63, 3.8) is 0 Å². The van der Waals surface area contributed by atoms with Crippen molar-refractivity contribution >= 4 is 56.5 Å². The lowest BCUT2D eigenvalue weighted by Gasteiger charge is -2.41. The molecular formula is C55H94INO14S. The van der Waals surface area contributed by atoms with Gasteiger partial charge in [0.05, 0.1) is 13.0 Å². The Morgan fingerprint density at radius 1 is 0.597 bits per heavy atom. The topological polar surface area (TPSA) is 221 Å². The lowest BCUT2D eigenvalue weighted by molar-refractivity contribution is -0.299. The third kappa shape index (κ3) is 33.5. The minimum atomic E-state index is -4.78. The maximum absolute atomic E-state index is 13.1. The Hall–Kier alpha value is -2.42. The second kappa shape index (κ2) is 41.8. The van der Waals surface area contributed by atoms with Crippen LogP contribution in [0, 0.1) is 3.57 Å². The monoisotopic (exact) mass is 1150 g/mol. The summed E-state index contributed by atoms with van der Waals surface area (Å²) in [5.74, 6) is -3.53. The van der Waals surface area contributed by atoms with E-state index >= 15 is 0 Å². The summed E-state index contributed by atoms with van der Waals surface area (Å²) in [6, 6.07) is 6.74. The van der Waals surface area contributed by atoms with E-state index in [1.54, 1.807) is 24.3 Å². The fraction of sp³-hybridized carbons (Fsp3) is 0.818. The van der Waals surface area contributed by atoms with Crippen molar-refractivity contribution < 1.29 is 66.0 Å². The first-order valence-corrected chi connectivity index (χ1v) is 30.6. The van der Waals surface area contributed by atoms with Gasteiger partial charge in [-0.2, -0.15) is 8.42 Å². The number of rotatable bonds is 45. The van der Waals surface area contributed by atoms with Crippen molar-refractivity contribution in [2.24, 2.45) is 0 Å². The van der Waals surface area contributed by atoms with Gasteiger partial charge in [-0.3, -0.25) is 23.7 Å². The van der Waals surface area contributed by atoms with E-state index in [1.165, 1.54) is 135 Å². The van der Waals surface area contributed by atoms with Crippen LogP contribution in [0.3, 0.4) is 0 Å². The van der Waals surface area contributed by atoms with E-state index < -0.39 is 83.1 Å². The molecule has 2 rings (SSSR count). The normalized spacial score (nSPS) is 18.4. The maximum Gasteiger partial charge on any atom is 0.308 e. The number of carbonyl (C=O) groups excluding carboxylic acids is 4. The van der Waals surface area contributed by atoms with Gasteiger partial charge < -0.3 is 39.2 Å². The zero-order valence-electron chi connectivity index (χ0n) is 44.1. The number of aliphatic hydroxyl groups is 2. The van der Waals surface area contributed by atoms with Gasteiger partial charge in [0.2, 0.25) is 0 Å². The molecule has 6 atom stereocenters. The first-order chi connectivity index (χ1) is 34.7. The molecule has 1 aliphatic heterocycles. The minimum Gasteiger partial charge on any atom is -0.462 e. The third-order valence-electron chi connectivity index (χ3n) is 13.1. The van der Waals surface area contributed by atoms with Gasteiger partial charge in [0.25, 0.3) is 16.0 Å². The molecule has 1 aliphatic rings. The summed E-state index contributed by atoms with van der Waals surface area (Å²) in [5.41, 5.74) is 0.369. The number of hydrogen-bond donors (Lipinski definition) is 4. The van der Waals surface area contributed by atoms with Gasteiger partial charge >= 0.3 is 17.9 Å². The molecule has 1 aromatic carbocycles. The molecule has 72 heavy (non-hydrogen) atoms. The quantitative estimate of drug-likeness (QED) is 0.0157. The number of esters is 3. The summed E-state index contributed by atoms with van der Waals surface area (Å²) < 4.78 is 62.7. The van der Waals surface area contributed by atoms with Crippen LogP contribution in [-0.4, -0.2) is 109 Å². The molecule has 15 nitrogen and oxygen atoms in total. The number of amides is 1. The Morgan fingerprint density at radius 3 is 1.47 bits per heavy atom. The van der Waals surface area contributed by atoms with Gasteiger partial charge in [-0.25, -0.2) is 0 Å². The Balaban J connectivity index is 1.87. The van der Waals surface area contributed by atoms with Crippen LogP contribution in [0.15, 0.2) is 24.3 Å². The van der Waals surface area contributed by atoms with Gasteiger partial charge in [0, 0.05) is 28.5 Å². The average molecular weight is 1150 g/mol. The van der Waals surface area contributed by atoms with Gasteiger partial charge in [-0.15, -0.1) is 0 Å². The fourth-order valence-electron chi connectivity index (χ4n) is 8.83. The van der Waals surface area contributed by atoms with Crippen molar-refractivity contribution in [2.45, 2.75) is 263 Å². The summed E-state index contributed by atoms with van der Waals surface area (Å²) in [6.45, 7) is 3.49. The summed E-state index contributed by atoms with van der Waals surface area (Å²) in [5, 5.41) is 24.7. The Labute approximate surface area is 447 Å². The lowest BCUT2D eigenvalue weighted by Crippen LogP contribution is -2.61. The number of unbranched alkanes of at least 4 members (excludes halogenated alkanes) is 28. The Morgan fingerprint density at radius 2 is 1.03 bits per heavy atom. The largest absolute Gasteiger partial charge is 0.462 e. The third-order valence-corrected chi connectivity index (χ3v) is 14.6. The molecular weight excluding hydrogens is 1060 g/mol. The standard InChI is InChI=1S/C55H94INO14S/c1-3-5-7-9-11-13-15-17-19-21-23-25-27-29-31-33-48(58)67-41-46(69-49(59)34-32-30-28-26-24-22-20-18-16-14-12-10-8-6-4-2)42-68-55-52(62)51(61)53(47(70-55)43-72(64,65)66)71-50(60)39-40-57-54(63)44-35-37-45(56)38-36-44/h35-38,46-47,51-53,55,61-62H,3-34,39-43H2,1-2H3,(H,57,63)(H,64,65,66)/t46?,47-,51-,52-,53-,55-/m1/s1. The van der Waals surface area contributed by atoms with Crippen LogP contribution < -0.4 is 5.32 Å². The molecule has 0 aliphatic carbocycles. The van der Waals surface area contributed by atoms with E-state index in [0.29, 0.717) is 18.4 Å². The van der Waals surface area contributed by atoms with Gasteiger partial charge in [-0.1, -0.05) is 194 Å². The second-order valence-electron chi connectivity index (χ2n) is 19.8. The molecule has 1 unspecified atom stereocenters. The highest BCUT2D eigenvalue weighted by molar-refractivity contribution is 14.1. The van der Waals surface area contributed by atoms with E-state index in [2.05, 4.69) is 41.8 Å². The van der Waals surface area contributed by atoms with Crippen LogP contribution in [0.4, 0.5) is 0 Å². The van der Waals surface area contributed by atoms with Crippen LogP contribution in [0.2, 0.25) is 0 Å².